The number of hydrogen-bond donors (Lipinski definition) is 1. The lowest BCUT2D eigenvalue weighted by atomic mass is 10.1. The van der Waals surface area contributed by atoms with Crippen molar-refractivity contribution in [3.63, 3.8) is 0 Å². The third-order valence-corrected chi connectivity index (χ3v) is 6.80. The fourth-order valence-electron chi connectivity index (χ4n) is 2.62. The maximum atomic E-state index is 12.8. The predicted octanol–water partition coefficient (Wildman–Crippen LogP) is 3.92. The number of amides is 1. The van der Waals surface area contributed by atoms with Crippen LogP contribution in [0.25, 0.3) is 10.8 Å². The van der Waals surface area contributed by atoms with Crippen molar-refractivity contribution < 1.29 is 13.2 Å². The molecule has 0 fully saturated rings. The maximum Gasteiger partial charge on any atom is 0.255 e. The van der Waals surface area contributed by atoms with E-state index in [-0.39, 0.29) is 4.90 Å². The molecule has 9 heteroatoms. The molecule has 29 heavy (non-hydrogen) atoms. The zero-order valence-electron chi connectivity index (χ0n) is 15.3. The van der Waals surface area contributed by atoms with Gasteiger partial charge in [-0.1, -0.05) is 65.7 Å². The third kappa shape index (κ3) is 4.94. The molecule has 150 valence electrons. The summed E-state index contributed by atoms with van der Waals surface area (Å²) in [7, 11) is -2.50. The fourth-order valence-corrected chi connectivity index (χ4v) is 4.14. The molecule has 3 aromatic rings. The van der Waals surface area contributed by atoms with E-state index in [1.165, 1.54) is 19.3 Å². The lowest BCUT2D eigenvalue weighted by Gasteiger charge is -2.16. The first-order valence-electron chi connectivity index (χ1n) is 8.50. The predicted molar refractivity (Wildman–Crippen MR) is 116 cm³/mol. The molecule has 0 aliphatic carbocycles. The molecule has 0 aliphatic rings. The number of sulfonamides is 1. The van der Waals surface area contributed by atoms with Crippen LogP contribution in [0.1, 0.15) is 5.56 Å². The van der Waals surface area contributed by atoms with Gasteiger partial charge < -0.3 is 0 Å². The number of carbonyl (C=O) groups excluding carboxylic acids is 1. The molecule has 6 nitrogen and oxygen atoms in total. The zero-order valence-corrected chi connectivity index (χ0v) is 17.7. The van der Waals surface area contributed by atoms with E-state index in [0.29, 0.717) is 15.6 Å². The van der Waals surface area contributed by atoms with Crippen molar-refractivity contribution in [3.05, 3.63) is 76.3 Å². The van der Waals surface area contributed by atoms with E-state index in [0.717, 1.165) is 15.1 Å². The van der Waals surface area contributed by atoms with Crippen molar-refractivity contribution in [1.29, 1.82) is 0 Å². The first-order chi connectivity index (χ1) is 13.8. The molecule has 0 saturated heterocycles. The molecular formula is C20H17Cl2N3O3S. The van der Waals surface area contributed by atoms with E-state index in [1.54, 1.807) is 30.3 Å². The highest BCUT2D eigenvalue weighted by molar-refractivity contribution is 7.89. The van der Waals surface area contributed by atoms with Gasteiger partial charge in [-0.2, -0.15) is 9.41 Å². The smallest absolute Gasteiger partial charge is 0.255 e. The first kappa shape index (κ1) is 21.3. The van der Waals surface area contributed by atoms with Gasteiger partial charge in [-0.25, -0.2) is 13.8 Å². The minimum atomic E-state index is -3.83. The Kier molecular flexibility index (Phi) is 6.54. The summed E-state index contributed by atoms with van der Waals surface area (Å²) in [6, 6.07) is 17.3. The van der Waals surface area contributed by atoms with Gasteiger partial charge in [-0.05, 0) is 29.0 Å². The number of nitrogens with one attached hydrogen (secondary N) is 1. The van der Waals surface area contributed by atoms with Crippen molar-refractivity contribution in [2.45, 2.75) is 4.90 Å². The molecule has 0 aromatic heterocycles. The Labute approximate surface area is 178 Å². The molecule has 0 aliphatic heterocycles. The van der Waals surface area contributed by atoms with Gasteiger partial charge in [-0.15, -0.1) is 0 Å². The van der Waals surface area contributed by atoms with Crippen molar-refractivity contribution in [2.24, 2.45) is 5.10 Å². The zero-order chi connectivity index (χ0) is 21.0. The van der Waals surface area contributed by atoms with Crippen LogP contribution < -0.4 is 5.43 Å². The van der Waals surface area contributed by atoms with Crippen molar-refractivity contribution in [1.82, 2.24) is 9.73 Å². The van der Waals surface area contributed by atoms with Crippen molar-refractivity contribution >= 4 is 56.1 Å². The minimum Gasteiger partial charge on any atom is -0.272 e. The number of hydrogen-bond acceptors (Lipinski definition) is 4. The second-order valence-corrected chi connectivity index (χ2v) is 9.04. The minimum absolute atomic E-state index is 0.112. The standard InChI is InChI=1S/C20H17Cl2N3O3S/c1-25(13-19(26)24-23-12-16-7-4-8-18(21)20(16)22)29(27,28)17-10-9-14-5-2-3-6-15(14)11-17/h2-12H,13H2,1H3,(H,24,26). The van der Waals surface area contributed by atoms with Gasteiger partial charge in [0.1, 0.15) is 0 Å². The molecule has 0 unspecified atom stereocenters. The van der Waals surface area contributed by atoms with Gasteiger partial charge in [-0.3, -0.25) is 4.79 Å². The summed E-state index contributed by atoms with van der Waals surface area (Å²) in [6.45, 7) is -0.393. The Balaban J connectivity index is 1.67. The molecule has 1 N–H and O–H groups in total. The van der Waals surface area contributed by atoms with Gasteiger partial charge in [0.2, 0.25) is 10.0 Å². The number of halogens is 2. The van der Waals surface area contributed by atoms with Crippen LogP contribution in [0.5, 0.6) is 0 Å². The fraction of sp³-hybridized carbons (Fsp3) is 0.100. The topological polar surface area (TPSA) is 78.8 Å². The quantitative estimate of drug-likeness (QED) is 0.457. The molecular weight excluding hydrogens is 433 g/mol. The normalized spacial score (nSPS) is 12.0. The highest BCUT2D eigenvalue weighted by Crippen LogP contribution is 2.24. The largest absolute Gasteiger partial charge is 0.272 e. The van der Waals surface area contributed by atoms with E-state index in [2.05, 4.69) is 10.5 Å². The van der Waals surface area contributed by atoms with Gasteiger partial charge in [0, 0.05) is 12.6 Å². The highest BCUT2D eigenvalue weighted by atomic mass is 35.5. The summed E-state index contributed by atoms with van der Waals surface area (Å²) < 4.78 is 26.5. The molecule has 0 bridgehead atoms. The summed E-state index contributed by atoms with van der Waals surface area (Å²) >= 11 is 12.0. The Hall–Kier alpha value is -2.45. The van der Waals surface area contributed by atoms with Crippen molar-refractivity contribution in [2.75, 3.05) is 13.6 Å². The van der Waals surface area contributed by atoms with Crippen LogP contribution >= 0.6 is 23.2 Å². The van der Waals surface area contributed by atoms with Crippen molar-refractivity contribution in [3.8, 4) is 0 Å². The number of benzene rings is 3. The lowest BCUT2D eigenvalue weighted by Crippen LogP contribution is -2.36. The van der Waals surface area contributed by atoms with E-state index in [1.807, 2.05) is 24.3 Å². The number of nitrogens with zero attached hydrogens (tertiary/aromatic N) is 2. The molecule has 3 rings (SSSR count). The third-order valence-electron chi connectivity index (χ3n) is 4.17. The molecule has 1 amide bonds. The number of rotatable bonds is 6. The lowest BCUT2D eigenvalue weighted by molar-refractivity contribution is -0.121. The number of carbonyl (C=O) groups is 1. The van der Waals surface area contributed by atoms with Gasteiger partial charge >= 0.3 is 0 Å². The van der Waals surface area contributed by atoms with Crippen LogP contribution in [0.3, 0.4) is 0 Å². The van der Waals surface area contributed by atoms with E-state index in [9.17, 15) is 13.2 Å². The van der Waals surface area contributed by atoms with Crippen LogP contribution in [0.2, 0.25) is 10.0 Å². The average molecular weight is 450 g/mol. The van der Waals surface area contributed by atoms with Crippen LogP contribution in [0, 0.1) is 0 Å². The Morgan fingerprint density at radius 1 is 1.07 bits per heavy atom. The molecule has 0 saturated carbocycles. The Morgan fingerprint density at radius 2 is 1.79 bits per heavy atom. The first-order valence-corrected chi connectivity index (χ1v) is 10.7. The Bertz CT molecular complexity index is 1200. The number of hydrazone groups is 1. The summed E-state index contributed by atoms with van der Waals surface area (Å²) in [5.74, 6) is -0.591. The van der Waals surface area contributed by atoms with Gasteiger partial charge in [0.05, 0.1) is 27.7 Å². The van der Waals surface area contributed by atoms with E-state index in [4.69, 9.17) is 23.2 Å². The summed E-state index contributed by atoms with van der Waals surface area (Å²) in [5.41, 5.74) is 2.81. The van der Waals surface area contributed by atoms with Gasteiger partial charge in [0.25, 0.3) is 5.91 Å². The van der Waals surface area contributed by atoms with E-state index < -0.39 is 22.5 Å². The average Bonchev–Trinajstić information content (AvgIpc) is 2.70. The summed E-state index contributed by atoms with van der Waals surface area (Å²) in [5, 5.41) is 6.21. The SMILES string of the molecule is CN(CC(=O)NN=Cc1cccc(Cl)c1Cl)S(=O)(=O)c1ccc2ccccc2c1. The van der Waals surface area contributed by atoms with Crippen LogP contribution in [-0.2, 0) is 14.8 Å². The number of likely N-dealkylation sites (N-methyl/N-ethyl adjacent to an activating group) is 1. The van der Waals surface area contributed by atoms with Crippen LogP contribution in [-0.4, -0.2) is 38.4 Å². The molecule has 3 aromatic carbocycles. The molecule has 0 radical (unpaired) electrons. The summed E-state index contributed by atoms with van der Waals surface area (Å²) in [4.78, 5) is 12.2. The molecule has 0 atom stereocenters. The second kappa shape index (κ2) is 8.92. The second-order valence-electron chi connectivity index (χ2n) is 6.21. The van der Waals surface area contributed by atoms with Gasteiger partial charge in [0.15, 0.2) is 0 Å². The molecule has 0 spiro atoms. The molecule has 0 heterocycles. The highest BCUT2D eigenvalue weighted by Gasteiger charge is 2.23. The van der Waals surface area contributed by atoms with Crippen LogP contribution in [0.4, 0.5) is 0 Å². The Morgan fingerprint density at radius 3 is 2.55 bits per heavy atom. The maximum absolute atomic E-state index is 12.8. The van der Waals surface area contributed by atoms with E-state index >= 15 is 0 Å². The number of fused-ring (bicyclic) bond motifs is 1. The monoisotopic (exact) mass is 449 g/mol. The van der Waals surface area contributed by atoms with Crippen LogP contribution in [0.15, 0.2) is 70.7 Å². The summed E-state index contributed by atoms with van der Waals surface area (Å²) in [6.07, 6.45) is 1.34.